The summed E-state index contributed by atoms with van der Waals surface area (Å²) in [5.74, 6) is -1.91. The number of aryl methyl sites for hydroxylation is 1. The van der Waals surface area contributed by atoms with Crippen molar-refractivity contribution in [2.24, 2.45) is 5.16 Å². The smallest absolute Gasteiger partial charge is 0.322 e. The van der Waals surface area contributed by atoms with E-state index in [2.05, 4.69) is 31.4 Å². The van der Waals surface area contributed by atoms with Gasteiger partial charge in [-0.05, 0) is 30.0 Å². The molecule has 2 unspecified atom stereocenters. The maximum atomic E-state index is 12.9. The first-order chi connectivity index (χ1) is 17.7. The molecule has 15 heteroatoms. The van der Waals surface area contributed by atoms with Crippen LogP contribution in [0.3, 0.4) is 0 Å². The molecule has 2 aromatic heterocycles. The Morgan fingerprint density at radius 2 is 2.30 bits per heavy atom. The Hall–Kier alpha value is -3.43. The second-order valence-electron chi connectivity index (χ2n) is 8.05. The molecule has 2 aromatic rings. The average Bonchev–Trinajstić information content (AvgIpc) is 3.31. The highest BCUT2D eigenvalue weighted by atomic mass is 32.2. The predicted molar refractivity (Wildman–Crippen MR) is 143 cm³/mol. The lowest BCUT2D eigenvalue weighted by Crippen LogP contribution is -2.74. The number of nitrogens with two attached hydrogens (primary N) is 1. The van der Waals surface area contributed by atoms with E-state index in [1.165, 1.54) is 22.7 Å². The summed E-state index contributed by atoms with van der Waals surface area (Å²) in [6, 6.07) is 2.90. The number of aromatic nitrogens is 3. The molecular formula is C22H23N7O5S3. The number of fused-ring (bicyclic) bond motifs is 1. The molecule has 4 heterocycles. The fourth-order valence-electron chi connectivity index (χ4n) is 3.50. The molecule has 0 saturated carbocycles. The summed E-state index contributed by atoms with van der Waals surface area (Å²) in [5.41, 5.74) is 7.12. The summed E-state index contributed by atoms with van der Waals surface area (Å²) in [5, 5.41) is 17.9. The first-order valence-corrected chi connectivity index (χ1v) is 13.6. The molecule has 2 amide bonds. The Morgan fingerprint density at radius 3 is 2.95 bits per heavy atom. The molecule has 2 aliphatic heterocycles. The molecular weight excluding hydrogens is 538 g/mol. The SMILES string of the molecule is C=CCON=C(C(=O)NC1C(=O)N2CC(SC=Cc3ccc(C)nc3)(C(=O)O)CS[C@H]12)c1nsc(N)n1. The molecule has 12 nitrogen and oxygen atoms in total. The second-order valence-corrected chi connectivity index (χ2v) is 11.2. The van der Waals surface area contributed by atoms with Gasteiger partial charge in [-0.1, -0.05) is 23.9 Å². The Balaban J connectivity index is 1.42. The number of carboxylic acids is 1. The lowest BCUT2D eigenvalue weighted by Gasteiger charge is -2.53. The summed E-state index contributed by atoms with van der Waals surface area (Å²) in [7, 11) is 0. The third-order valence-electron chi connectivity index (χ3n) is 5.44. The van der Waals surface area contributed by atoms with Crippen molar-refractivity contribution in [3.63, 3.8) is 0 Å². The minimum absolute atomic E-state index is 0.0000736. The number of nitrogen functional groups attached to an aromatic ring is 1. The number of nitrogens with zero attached hydrogens (tertiary/aromatic N) is 5. The molecule has 0 radical (unpaired) electrons. The number of amides is 2. The van der Waals surface area contributed by atoms with Gasteiger partial charge < -0.3 is 25.9 Å². The first kappa shape index (κ1) is 26.6. The van der Waals surface area contributed by atoms with E-state index in [-0.39, 0.29) is 41.5 Å². The molecule has 4 N–H and O–H groups in total. The van der Waals surface area contributed by atoms with Gasteiger partial charge in [-0.2, -0.15) is 9.36 Å². The lowest BCUT2D eigenvalue weighted by molar-refractivity contribution is -0.151. The first-order valence-electron chi connectivity index (χ1n) is 10.9. The summed E-state index contributed by atoms with van der Waals surface area (Å²) in [6.45, 7) is 5.45. The molecule has 0 aliphatic carbocycles. The molecule has 0 bridgehead atoms. The number of aliphatic carboxylic acids is 1. The molecule has 0 spiro atoms. The van der Waals surface area contributed by atoms with E-state index in [9.17, 15) is 19.5 Å². The lowest BCUT2D eigenvalue weighted by atomic mass is 10.0. The summed E-state index contributed by atoms with van der Waals surface area (Å²) in [4.78, 5) is 52.8. The Morgan fingerprint density at radius 1 is 1.49 bits per heavy atom. The zero-order valence-electron chi connectivity index (χ0n) is 19.6. The number of hydrogen-bond acceptors (Lipinski definition) is 12. The van der Waals surface area contributed by atoms with Crippen LogP contribution >= 0.6 is 35.1 Å². The van der Waals surface area contributed by atoms with Crippen molar-refractivity contribution in [2.75, 3.05) is 24.6 Å². The predicted octanol–water partition coefficient (Wildman–Crippen LogP) is 1.36. The maximum absolute atomic E-state index is 12.9. The Labute approximate surface area is 224 Å². The van der Waals surface area contributed by atoms with Gasteiger partial charge in [0.05, 0.1) is 0 Å². The third-order valence-corrected chi connectivity index (χ3v) is 8.86. The van der Waals surface area contributed by atoms with E-state index < -0.39 is 28.0 Å². The third kappa shape index (κ3) is 5.78. The van der Waals surface area contributed by atoms with Crippen LogP contribution in [0.15, 0.2) is 41.5 Å². The van der Waals surface area contributed by atoms with Crippen LogP contribution in [0.25, 0.3) is 6.08 Å². The van der Waals surface area contributed by atoms with Crippen LogP contribution in [0.2, 0.25) is 0 Å². The standard InChI is InChI=1S/C22H23N7O5S3/c1-3-7-34-27-14(16-26-21(23)37-28-16)17(30)25-15-18(31)29-10-22(20(32)33,11-35-19(15)29)36-8-6-13-5-4-12(2)24-9-13/h3-6,8-9,15,19H,1,7,10-11H2,2H3,(H,25,30)(H,32,33)(H2,23,26,28)/t15?,19-,22?/m1/s1. The van der Waals surface area contributed by atoms with Gasteiger partial charge in [-0.15, -0.1) is 23.5 Å². The van der Waals surface area contributed by atoms with E-state index in [0.29, 0.717) is 0 Å². The van der Waals surface area contributed by atoms with Crippen molar-refractivity contribution >= 4 is 69.8 Å². The van der Waals surface area contributed by atoms with E-state index in [1.54, 1.807) is 17.7 Å². The van der Waals surface area contributed by atoms with Crippen molar-refractivity contribution in [3.8, 4) is 0 Å². The summed E-state index contributed by atoms with van der Waals surface area (Å²) in [6.07, 6.45) is 4.94. The van der Waals surface area contributed by atoms with Gasteiger partial charge in [0.25, 0.3) is 5.91 Å². The van der Waals surface area contributed by atoms with Gasteiger partial charge in [-0.3, -0.25) is 19.4 Å². The Kier molecular flexibility index (Phi) is 8.14. The van der Waals surface area contributed by atoms with Crippen LogP contribution in [0.1, 0.15) is 17.1 Å². The normalized spacial score (nSPS) is 23.3. The number of hydrogen-bond donors (Lipinski definition) is 3. The number of oxime groups is 1. The fourth-order valence-corrected chi connectivity index (χ4v) is 6.60. The van der Waals surface area contributed by atoms with E-state index >= 15 is 0 Å². The zero-order chi connectivity index (χ0) is 26.6. The van der Waals surface area contributed by atoms with Crippen LogP contribution in [0, 0.1) is 6.92 Å². The monoisotopic (exact) mass is 561 g/mol. The molecule has 2 aliphatic rings. The number of anilines is 1. The molecule has 3 atom stereocenters. The van der Waals surface area contributed by atoms with Gasteiger partial charge in [0.15, 0.2) is 5.13 Å². The fraction of sp³-hybridized carbons (Fsp3) is 0.318. The molecule has 4 rings (SSSR count). The van der Waals surface area contributed by atoms with E-state index in [1.807, 2.05) is 19.1 Å². The van der Waals surface area contributed by atoms with Crippen LogP contribution in [-0.4, -0.2) is 82.9 Å². The highest BCUT2D eigenvalue weighted by Gasteiger charge is 2.57. The van der Waals surface area contributed by atoms with Crippen LogP contribution < -0.4 is 11.1 Å². The van der Waals surface area contributed by atoms with Crippen LogP contribution in [0.5, 0.6) is 0 Å². The maximum Gasteiger partial charge on any atom is 0.322 e. The molecule has 2 saturated heterocycles. The minimum atomic E-state index is -1.23. The average molecular weight is 562 g/mol. The molecule has 2 fully saturated rings. The van der Waals surface area contributed by atoms with Crippen molar-refractivity contribution < 1.29 is 24.3 Å². The molecule has 194 valence electrons. The van der Waals surface area contributed by atoms with Crippen molar-refractivity contribution in [1.29, 1.82) is 0 Å². The minimum Gasteiger partial charge on any atom is -0.480 e. The topological polar surface area (TPSA) is 173 Å². The number of thioether (sulfide) groups is 2. The number of rotatable bonds is 10. The second kappa shape index (κ2) is 11.3. The van der Waals surface area contributed by atoms with Crippen molar-refractivity contribution in [1.82, 2.24) is 24.6 Å². The number of nitrogens with one attached hydrogen (secondary N) is 1. The quantitative estimate of drug-likeness (QED) is 0.126. The number of carboxylic acid groups (broad SMARTS) is 1. The summed E-state index contributed by atoms with van der Waals surface area (Å²) >= 11 is 3.32. The van der Waals surface area contributed by atoms with Crippen LogP contribution in [-0.2, 0) is 19.2 Å². The highest BCUT2D eigenvalue weighted by Crippen LogP contribution is 2.44. The van der Waals surface area contributed by atoms with Crippen LogP contribution in [0.4, 0.5) is 5.13 Å². The van der Waals surface area contributed by atoms with Crippen molar-refractivity contribution in [3.05, 3.63) is 53.5 Å². The largest absolute Gasteiger partial charge is 0.480 e. The number of carbonyl (C=O) groups excluding carboxylic acids is 2. The number of carbonyl (C=O) groups is 3. The van der Waals surface area contributed by atoms with E-state index in [0.717, 1.165) is 34.6 Å². The number of pyridine rings is 1. The zero-order valence-corrected chi connectivity index (χ0v) is 22.0. The Bertz CT molecular complexity index is 1270. The summed E-state index contributed by atoms with van der Waals surface area (Å²) < 4.78 is 2.76. The van der Waals surface area contributed by atoms with Gasteiger partial charge in [0, 0.05) is 35.7 Å². The van der Waals surface area contributed by atoms with Gasteiger partial charge in [0.2, 0.25) is 17.4 Å². The number of β-lactam (4-membered cyclic amide) rings is 1. The van der Waals surface area contributed by atoms with Gasteiger partial charge >= 0.3 is 5.97 Å². The highest BCUT2D eigenvalue weighted by molar-refractivity contribution is 8.06. The molecule has 37 heavy (non-hydrogen) atoms. The van der Waals surface area contributed by atoms with E-state index in [4.69, 9.17) is 10.6 Å². The van der Waals surface area contributed by atoms with Crippen molar-refractivity contribution in [2.45, 2.75) is 23.1 Å². The van der Waals surface area contributed by atoms with Gasteiger partial charge in [0.1, 0.15) is 22.8 Å². The van der Waals surface area contributed by atoms with Gasteiger partial charge in [-0.25, -0.2) is 0 Å². The molecule has 0 aromatic carbocycles.